The molecule has 5 nitrogen and oxygen atoms in total. The zero-order valence-corrected chi connectivity index (χ0v) is 15.5. The molecule has 3 aromatic rings. The van der Waals surface area contributed by atoms with Crippen LogP contribution in [0.25, 0.3) is 11.1 Å². The Morgan fingerprint density at radius 3 is 2.22 bits per heavy atom. The zero-order chi connectivity index (χ0) is 19.2. The summed E-state index contributed by atoms with van der Waals surface area (Å²) in [5, 5.41) is 10.4. The molecule has 139 valence electrons. The van der Waals surface area contributed by atoms with Crippen LogP contribution < -0.4 is 18.9 Å². The molecule has 0 fully saturated rings. The van der Waals surface area contributed by atoms with Gasteiger partial charge in [0.25, 0.3) is 0 Å². The average Bonchev–Trinajstić information content (AvgIpc) is 2.72. The summed E-state index contributed by atoms with van der Waals surface area (Å²) in [6, 6.07) is 19.8. The SMILES string of the molecule is COc1[c]c(O)c(-c2ccc(OCc3ccccc3)c(OC)c2)c(OC)c1. The van der Waals surface area contributed by atoms with E-state index in [-0.39, 0.29) is 5.75 Å². The lowest BCUT2D eigenvalue weighted by Gasteiger charge is -2.15. The van der Waals surface area contributed by atoms with E-state index in [1.165, 1.54) is 14.2 Å². The monoisotopic (exact) mass is 365 g/mol. The van der Waals surface area contributed by atoms with Gasteiger partial charge in [-0.1, -0.05) is 36.4 Å². The lowest BCUT2D eigenvalue weighted by atomic mass is 10.0. The van der Waals surface area contributed by atoms with Crippen LogP contribution in [0.1, 0.15) is 5.56 Å². The van der Waals surface area contributed by atoms with Crippen molar-refractivity contribution in [3.05, 3.63) is 66.2 Å². The van der Waals surface area contributed by atoms with Crippen molar-refractivity contribution in [3.8, 4) is 39.9 Å². The van der Waals surface area contributed by atoms with Gasteiger partial charge in [0.05, 0.1) is 33.0 Å². The maximum absolute atomic E-state index is 10.4. The first-order valence-electron chi connectivity index (χ1n) is 8.38. The third-order valence-corrected chi connectivity index (χ3v) is 4.12. The molecule has 5 heteroatoms. The largest absolute Gasteiger partial charge is 0.506 e. The van der Waals surface area contributed by atoms with E-state index in [2.05, 4.69) is 6.07 Å². The number of benzene rings is 3. The topological polar surface area (TPSA) is 57.2 Å². The summed E-state index contributed by atoms with van der Waals surface area (Å²) in [4.78, 5) is 0. The van der Waals surface area contributed by atoms with Crippen LogP contribution in [0.15, 0.2) is 54.6 Å². The van der Waals surface area contributed by atoms with E-state index in [0.717, 1.165) is 5.56 Å². The first kappa shape index (κ1) is 18.5. The molecule has 27 heavy (non-hydrogen) atoms. The number of methoxy groups -OCH3 is 3. The molecule has 0 saturated heterocycles. The van der Waals surface area contributed by atoms with Gasteiger partial charge in [-0.05, 0) is 23.3 Å². The van der Waals surface area contributed by atoms with E-state index >= 15 is 0 Å². The van der Waals surface area contributed by atoms with Crippen molar-refractivity contribution >= 4 is 0 Å². The summed E-state index contributed by atoms with van der Waals surface area (Å²) in [7, 11) is 4.62. The van der Waals surface area contributed by atoms with Gasteiger partial charge in [-0.3, -0.25) is 0 Å². The molecule has 0 heterocycles. The normalized spacial score (nSPS) is 10.3. The molecule has 0 unspecified atom stereocenters. The predicted octanol–water partition coefficient (Wildman–Crippen LogP) is 4.46. The Labute approximate surface area is 158 Å². The molecular formula is C22H21O5. The Balaban J connectivity index is 1.92. The second kappa shape index (κ2) is 8.36. The van der Waals surface area contributed by atoms with Crippen LogP contribution in [0.4, 0.5) is 0 Å². The van der Waals surface area contributed by atoms with Gasteiger partial charge in [0.2, 0.25) is 0 Å². The predicted molar refractivity (Wildman–Crippen MR) is 103 cm³/mol. The van der Waals surface area contributed by atoms with E-state index in [9.17, 15) is 5.11 Å². The maximum atomic E-state index is 10.4. The third kappa shape index (κ3) is 4.08. The molecule has 0 saturated carbocycles. The van der Waals surface area contributed by atoms with Crippen LogP contribution in [-0.2, 0) is 6.61 Å². The zero-order valence-electron chi connectivity index (χ0n) is 15.5. The average molecular weight is 365 g/mol. The van der Waals surface area contributed by atoms with Crippen LogP contribution in [-0.4, -0.2) is 26.4 Å². The van der Waals surface area contributed by atoms with Crippen molar-refractivity contribution in [2.75, 3.05) is 21.3 Å². The number of ether oxygens (including phenoxy) is 4. The van der Waals surface area contributed by atoms with Gasteiger partial charge < -0.3 is 24.1 Å². The molecule has 0 bridgehead atoms. The standard InChI is InChI=1S/C22H21O5/c1-24-17-12-18(23)22(21(13-17)26-3)16-9-10-19(20(11-16)25-2)27-14-15-7-5-4-6-8-15/h4-11,13,23H,14H2,1-3H3. The van der Waals surface area contributed by atoms with Crippen molar-refractivity contribution in [1.29, 1.82) is 0 Å². The summed E-state index contributed by atoms with van der Waals surface area (Å²) in [5.41, 5.74) is 2.28. The second-order valence-corrected chi connectivity index (χ2v) is 5.77. The molecule has 0 spiro atoms. The Kier molecular flexibility index (Phi) is 5.71. The van der Waals surface area contributed by atoms with Gasteiger partial charge in [-0.15, -0.1) is 0 Å². The molecule has 3 rings (SSSR count). The highest BCUT2D eigenvalue weighted by atomic mass is 16.5. The molecule has 0 amide bonds. The number of hydrogen-bond acceptors (Lipinski definition) is 5. The highest BCUT2D eigenvalue weighted by molar-refractivity contribution is 5.79. The molecule has 0 aliphatic rings. The maximum Gasteiger partial charge on any atom is 0.161 e. The van der Waals surface area contributed by atoms with Crippen molar-refractivity contribution in [1.82, 2.24) is 0 Å². The molecule has 0 aliphatic carbocycles. The molecular weight excluding hydrogens is 344 g/mol. The lowest BCUT2D eigenvalue weighted by Crippen LogP contribution is -1.98. The first-order valence-corrected chi connectivity index (χ1v) is 8.38. The van der Waals surface area contributed by atoms with Gasteiger partial charge in [0, 0.05) is 6.07 Å². The van der Waals surface area contributed by atoms with Gasteiger partial charge in [0.15, 0.2) is 11.5 Å². The molecule has 3 aromatic carbocycles. The van der Waals surface area contributed by atoms with Crippen LogP contribution >= 0.6 is 0 Å². The molecule has 1 N–H and O–H groups in total. The van der Waals surface area contributed by atoms with Crippen molar-refractivity contribution in [3.63, 3.8) is 0 Å². The van der Waals surface area contributed by atoms with Crippen molar-refractivity contribution in [2.24, 2.45) is 0 Å². The van der Waals surface area contributed by atoms with Crippen LogP contribution in [0.5, 0.6) is 28.7 Å². The van der Waals surface area contributed by atoms with Crippen LogP contribution in [0, 0.1) is 6.07 Å². The van der Waals surface area contributed by atoms with Crippen LogP contribution in [0.3, 0.4) is 0 Å². The Hall–Kier alpha value is -3.34. The fraction of sp³-hybridized carbons (Fsp3) is 0.182. The molecule has 1 radical (unpaired) electrons. The van der Waals surface area contributed by atoms with Gasteiger partial charge in [0.1, 0.15) is 23.9 Å². The Morgan fingerprint density at radius 1 is 0.815 bits per heavy atom. The number of phenolic OH excluding ortho intramolecular Hbond substituents is 1. The first-order chi connectivity index (χ1) is 13.2. The van der Waals surface area contributed by atoms with E-state index in [1.54, 1.807) is 25.3 Å². The number of aromatic hydroxyl groups is 1. The smallest absolute Gasteiger partial charge is 0.161 e. The quantitative estimate of drug-likeness (QED) is 0.670. The fourth-order valence-corrected chi connectivity index (χ4v) is 2.75. The van der Waals surface area contributed by atoms with E-state index in [1.807, 2.05) is 36.4 Å². The Bertz CT molecular complexity index is 906. The number of rotatable bonds is 7. The molecule has 0 aliphatic heterocycles. The fourth-order valence-electron chi connectivity index (χ4n) is 2.75. The van der Waals surface area contributed by atoms with E-state index in [0.29, 0.717) is 40.7 Å². The van der Waals surface area contributed by atoms with E-state index in [4.69, 9.17) is 18.9 Å². The number of hydrogen-bond donors (Lipinski definition) is 1. The second-order valence-electron chi connectivity index (χ2n) is 5.77. The highest BCUT2D eigenvalue weighted by Crippen LogP contribution is 2.43. The van der Waals surface area contributed by atoms with Gasteiger partial charge in [-0.25, -0.2) is 0 Å². The minimum absolute atomic E-state index is 0.0637. The number of phenols is 1. The molecule has 0 aromatic heterocycles. The van der Waals surface area contributed by atoms with Gasteiger partial charge in [-0.2, -0.15) is 0 Å². The summed E-state index contributed by atoms with van der Waals surface area (Å²) in [5.74, 6) is 1.97. The highest BCUT2D eigenvalue weighted by Gasteiger charge is 2.17. The summed E-state index contributed by atoms with van der Waals surface area (Å²) < 4.78 is 21.9. The summed E-state index contributed by atoms with van der Waals surface area (Å²) in [6.45, 7) is 0.432. The minimum Gasteiger partial charge on any atom is -0.506 e. The van der Waals surface area contributed by atoms with Crippen molar-refractivity contribution < 1.29 is 24.1 Å². The van der Waals surface area contributed by atoms with Crippen molar-refractivity contribution in [2.45, 2.75) is 6.61 Å². The Morgan fingerprint density at radius 2 is 1.56 bits per heavy atom. The van der Waals surface area contributed by atoms with Crippen LogP contribution in [0.2, 0.25) is 0 Å². The lowest BCUT2D eigenvalue weighted by molar-refractivity contribution is 0.284. The minimum atomic E-state index is -0.0637. The van der Waals surface area contributed by atoms with Gasteiger partial charge >= 0.3 is 0 Å². The summed E-state index contributed by atoms with van der Waals surface area (Å²) >= 11 is 0. The summed E-state index contributed by atoms with van der Waals surface area (Å²) in [6.07, 6.45) is 0. The molecule has 0 atom stereocenters. The van der Waals surface area contributed by atoms with E-state index < -0.39 is 0 Å². The third-order valence-electron chi connectivity index (χ3n) is 4.12.